The zero-order valence-corrected chi connectivity index (χ0v) is 11.6. The number of carbonyl (C=O) groups is 2. The van der Waals surface area contributed by atoms with Crippen LogP contribution >= 0.6 is 0 Å². The number of fused-ring (bicyclic) bond motifs is 1. The molecule has 0 spiro atoms. The number of nitrogens with zero attached hydrogens (tertiary/aromatic N) is 1. The lowest BCUT2D eigenvalue weighted by atomic mass is 10.2. The van der Waals surface area contributed by atoms with Crippen LogP contribution in [0.4, 0.5) is 0 Å². The Labute approximate surface area is 118 Å². The van der Waals surface area contributed by atoms with E-state index in [1.54, 1.807) is 18.2 Å². The van der Waals surface area contributed by atoms with Gasteiger partial charge >= 0.3 is 5.97 Å². The smallest absolute Gasteiger partial charge is 0.325 e. The van der Waals surface area contributed by atoms with Crippen molar-refractivity contribution in [1.82, 2.24) is 4.90 Å². The minimum atomic E-state index is -0.369. The Balaban J connectivity index is 1.99. The van der Waals surface area contributed by atoms with Crippen molar-refractivity contribution in [2.24, 2.45) is 0 Å². The van der Waals surface area contributed by atoms with E-state index < -0.39 is 0 Å². The van der Waals surface area contributed by atoms with Gasteiger partial charge in [0.2, 0.25) is 0 Å². The van der Waals surface area contributed by atoms with Gasteiger partial charge < -0.3 is 14.4 Å². The summed E-state index contributed by atoms with van der Waals surface area (Å²) in [5.74, 6) is 0.0103. The first-order valence-electron chi connectivity index (χ1n) is 6.89. The van der Waals surface area contributed by atoms with Crippen molar-refractivity contribution in [2.45, 2.75) is 19.8 Å². The van der Waals surface area contributed by atoms with Gasteiger partial charge in [0, 0.05) is 0 Å². The van der Waals surface area contributed by atoms with Crippen molar-refractivity contribution in [2.75, 3.05) is 26.3 Å². The van der Waals surface area contributed by atoms with Crippen molar-refractivity contribution < 1.29 is 19.1 Å². The largest absolute Gasteiger partial charge is 0.491 e. The third kappa shape index (κ3) is 3.50. The first-order chi connectivity index (χ1) is 9.72. The molecule has 1 heterocycles. The molecule has 0 aromatic heterocycles. The van der Waals surface area contributed by atoms with Gasteiger partial charge in [-0.05, 0) is 18.6 Å². The molecule has 0 N–H and O–H groups in total. The molecule has 2 rings (SSSR count). The highest BCUT2D eigenvalue weighted by Crippen LogP contribution is 2.22. The van der Waals surface area contributed by atoms with E-state index in [1.165, 1.54) is 4.90 Å². The molecule has 0 atom stereocenters. The fraction of sp³-hybridized carbons (Fsp3) is 0.467. The van der Waals surface area contributed by atoms with Crippen LogP contribution in [0.1, 0.15) is 30.1 Å². The summed E-state index contributed by atoms with van der Waals surface area (Å²) in [6.07, 6.45) is 1.81. The van der Waals surface area contributed by atoms with Crippen LogP contribution in [-0.4, -0.2) is 43.1 Å². The predicted molar refractivity (Wildman–Crippen MR) is 73.7 cm³/mol. The molecular formula is C15H19NO4. The Hall–Kier alpha value is -2.04. The van der Waals surface area contributed by atoms with E-state index in [9.17, 15) is 9.59 Å². The zero-order valence-electron chi connectivity index (χ0n) is 11.6. The molecule has 1 aliphatic heterocycles. The number of hydrogen-bond acceptors (Lipinski definition) is 4. The molecule has 1 aromatic rings. The van der Waals surface area contributed by atoms with Crippen molar-refractivity contribution >= 4 is 11.9 Å². The summed E-state index contributed by atoms with van der Waals surface area (Å²) in [7, 11) is 0. The maximum Gasteiger partial charge on any atom is 0.325 e. The second-order valence-corrected chi connectivity index (χ2v) is 4.65. The lowest BCUT2D eigenvalue weighted by Crippen LogP contribution is -2.37. The van der Waals surface area contributed by atoms with Crippen LogP contribution in [0.15, 0.2) is 24.3 Å². The van der Waals surface area contributed by atoms with Gasteiger partial charge in [0.1, 0.15) is 18.9 Å². The maximum absolute atomic E-state index is 12.3. The Bertz CT molecular complexity index is 487. The molecule has 0 radical (unpaired) electrons. The van der Waals surface area contributed by atoms with E-state index in [0.29, 0.717) is 31.1 Å². The summed E-state index contributed by atoms with van der Waals surface area (Å²) in [4.78, 5) is 25.5. The van der Waals surface area contributed by atoms with Gasteiger partial charge in [-0.3, -0.25) is 9.59 Å². The van der Waals surface area contributed by atoms with Gasteiger partial charge in [-0.1, -0.05) is 25.5 Å². The number of esters is 1. The molecular weight excluding hydrogens is 258 g/mol. The molecule has 0 fully saturated rings. The molecule has 1 aliphatic rings. The van der Waals surface area contributed by atoms with Crippen LogP contribution in [0, 0.1) is 0 Å². The second-order valence-electron chi connectivity index (χ2n) is 4.65. The topological polar surface area (TPSA) is 55.8 Å². The molecule has 0 aliphatic carbocycles. The molecule has 1 amide bonds. The number of para-hydroxylation sites is 1. The van der Waals surface area contributed by atoms with Gasteiger partial charge in [0.15, 0.2) is 0 Å². The highest BCUT2D eigenvalue weighted by molar-refractivity contribution is 5.98. The highest BCUT2D eigenvalue weighted by Gasteiger charge is 2.25. The molecule has 0 bridgehead atoms. The van der Waals surface area contributed by atoms with Crippen molar-refractivity contribution in [3.05, 3.63) is 29.8 Å². The Morgan fingerprint density at radius 2 is 2.20 bits per heavy atom. The van der Waals surface area contributed by atoms with Gasteiger partial charge in [-0.15, -0.1) is 0 Å². The third-order valence-electron chi connectivity index (χ3n) is 3.10. The van der Waals surface area contributed by atoms with Gasteiger partial charge in [-0.25, -0.2) is 0 Å². The molecule has 108 valence electrons. The number of hydrogen-bond donors (Lipinski definition) is 0. The van der Waals surface area contributed by atoms with Crippen molar-refractivity contribution in [3.63, 3.8) is 0 Å². The standard InChI is InChI=1S/C15H19NO4/c1-2-3-9-20-14(17)11-16-8-10-19-13-7-5-4-6-12(13)15(16)18/h4-7H,2-3,8-11H2,1H3. The fourth-order valence-corrected chi connectivity index (χ4v) is 1.99. The first kappa shape index (κ1) is 14.4. The minimum Gasteiger partial charge on any atom is -0.491 e. The number of carbonyl (C=O) groups excluding carboxylic acids is 2. The predicted octanol–water partition coefficient (Wildman–Crippen LogP) is 1.86. The number of unbranched alkanes of at least 4 members (excludes halogenated alkanes) is 1. The van der Waals surface area contributed by atoms with E-state index in [-0.39, 0.29) is 18.4 Å². The van der Waals surface area contributed by atoms with E-state index in [0.717, 1.165) is 12.8 Å². The molecule has 0 unspecified atom stereocenters. The summed E-state index contributed by atoms with van der Waals surface area (Å²) in [6.45, 7) is 3.17. The van der Waals surface area contributed by atoms with E-state index in [2.05, 4.69) is 0 Å². The van der Waals surface area contributed by atoms with E-state index in [4.69, 9.17) is 9.47 Å². The van der Waals surface area contributed by atoms with Crippen LogP contribution in [0.25, 0.3) is 0 Å². The number of ether oxygens (including phenoxy) is 2. The summed E-state index contributed by atoms with van der Waals surface area (Å²) in [5.41, 5.74) is 0.492. The average molecular weight is 277 g/mol. The van der Waals surface area contributed by atoms with Gasteiger partial charge in [-0.2, -0.15) is 0 Å². The molecule has 5 nitrogen and oxygen atoms in total. The van der Waals surface area contributed by atoms with Crippen LogP contribution < -0.4 is 4.74 Å². The first-order valence-corrected chi connectivity index (χ1v) is 6.89. The minimum absolute atomic E-state index is 0.0275. The van der Waals surface area contributed by atoms with Crippen LogP contribution in [0.5, 0.6) is 5.75 Å². The van der Waals surface area contributed by atoms with Gasteiger partial charge in [0.05, 0.1) is 18.7 Å². The monoisotopic (exact) mass is 277 g/mol. The number of benzene rings is 1. The lowest BCUT2D eigenvalue weighted by molar-refractivity contribution is -0.144. The average Bonchev–Trinajstić information content (AvgIpc) is 2.60. The second kappa shape index (κ2) is 6.93. The van der Waals surface area contributed by atoms with Gasteiger partial charge in [0.25, 0.3) is 5.91 Å². The van der Waals surface area contributed by atoms with E-state index in [1.807, 2.05) is 13.0 Å². The van der Waals surface area contributed by atoms with Crippen LogP contribution in [-0.2, 0) is 9.53 Å². The molecule has 1 aromatic carbocycles. The van der Waals surface area contributed by atoms with Crippen molar-refractivity contribution in [1.29, 1.82) is 0 Å². The molecule has 0 saturated heterocycles. The molecule has 0 saturated carbocycles. The van der Waals surface area contributed by atoms with Crippen LogP contribution in [0.3, 0.4) is 0 Å². The Morgan fingerprint density at radius 1 is 1.40 bits per heavy atom. The van der Waals surface area contributed by atoms with Crippen LogP contribution in [0.2, 0.25) is 0 Å². The summed E-state index contributed by atoms with van der Waals surface area (Å²) in [5, 5.41) is 0. The Kier molecular flexibility index (Phi) is 4.98. The lowest BCUT2D eigenvalue weighted by Gasteiger charge is -2.18. The summed E-state index contributed by atoms with van der Waals surface area (Å²) >= 11 is 0. The third-order valence-corrected chi connectivity index (χ3v) is 3.10. The Morgan fingerprint density at radius 3 is 3.00 bits per heavy atom. The van der Waals surface area contributed by atoms with E-state index >= 15 is 0 Å². The zero-order chi connectivity index (χ0) is 14.4. The van der Waals surface area contributed by atoms with Crippen molar-refractivity contribution in [3.8, 4) is 5.75 Å². The maximum atomic E-state index is 12.3. The summed E-state index contributed by atoms with van der Waals surface area (Å²) < 4.78 is 10.6. The SMILES string of the molecule is CCCCOC(=O)CN1CCOc2ccccc2C1=O. The number of rotatable bonds is 5. The fourth-order valence-electron chi connectivity index (χ4n) is 1.99. The normalized spacial score (nSPS) is 14.2. The quantitative estimate of drug-likeness (QED) is 0.609. The molecule has 5 heteroatoms. The number of amides is 1. The summed E-state index contributed by atoms with van der Waals surface area (Å²) in [6, 6.07) is 7.07. The highest BCUT2D eigenvalue weighted by atomic mass is 16.5. The molecule has 20 heavy (non-hydrogen) atoms.